The lowest BCUT2D eigenvalue weighted by molar-refractivity contribution is 0.0985. The number of phenols is 1. The molecule has 3 aromatic rings. The SMILES string of the molecule is NCc1oc(-c2ccc(O)c3nc(C(F)(F)P)ccc23)nc1C(N)=O. The molecule has 3 rings (SSSR count). The molecule has 0 radical (unpaired) electrons. The van der Waals surface area contributed by atoms with E-state index in [-0.39, 0.29) is 35.2 Å². The summed E-state index contributed by atoms with van der Waals surface area (Å²) in [7, 11) is 1.38. The fraction of sp³-hybridized carbons (Fsp3) is 0.133. The van der Waals surface area contributed by atoms with E-state index in [1.165, 1.54) is 27.4 Å². The zero-order valence-electron chi connectivity index (χ0n) is 12.7. The molecule has 0 aliphatic heterocycles. The summed E-state index contributed by atoms with van der Waals surface area (Å²) < 4.78 is 32.4. The van der Waals surface area contributed by atoms with E-state index in [1.54, 1.807) is 0 Å². The number of nitrogens with zero attached hydrogens (tertiary/aromatic N) is 2. The average molecular weight is 366 g/mol. The number of amides is 1. The second kappa shape index (κ2) is 6.02. The molecular weight excluding hydrogens is 353 g/mol. The van der Waals surface area contributed by atoms with Gasteiger partial charge in [0.05, 0.1) is 6.54 Å². The van der Waals surface area contributed by atoms with Crippen LogP contribution in [0.25, 0.3) is 22.4 Å². The smallest absolute Gasteiger partial charge is 0.300 e. The summed E-state index contributed by atoms with van der Waals surface area (Å²) in [5, 5.41) is 10.3. The lowest BCUT2D eigenvalue weighted by Gasteiger charge is -2.11. The largest absolute Gasteiger partial charge is 0.506 e. The Kier molecular flexibility index (Phi) is 4.14. The number of aromatic nitrogens is 2. The molecule has 130 valence electrons. The Morgan fingerprint density at radius 1 is 1.28 bits per heavy atom. The molecule has 0 aliphatic rings. The quantitative estimate of drug-likeness (QED) is 0.607. The Labute approximate surface area is 142 Å². The van der Waals surface area contributed by atoms with Crippen LogP contribution in [-0.2, 0) is 12.2 Å². The number of halogens is 2. The van der Waals surface area contributed by atoms with Gasteiger partial charge in [-0.25, -0.2) is 9.97 Å². The molecule has 0 spiro atoms. The van der Waals surface area contributed by atoms with Gasteiger partial charge in [-0.1, -0.05) is 9.24 Å². The van der Waals surface area contributed by atoms with Gasteiger partial charge in [-0.15, -0.1) is 0 Å². The van der Waals surface area contributed by atoms with Crippen molar-refractivity contribution in [2.45, 2.75) is 12.2 Å². The molecule has 1 aromatic carbocycles. The lowest BCUT2D eigenvalue weighted by atomic mass is 10.1. The Morgan fingerprint density at radius 2 is 2.00 bits per heavy atom. The van der Waals surface area contributed by atoms with E-state index >= 15 is 0 Å². The third kappa shape index (κ3) is 3.04. The fourth-order valence-corrected chi connectivity index (χ4v) is 2.53. The van der Waals surface area contributed by atoms with Crippen LogP contribution in [0.5, 0.6) is 5.75 Å². The van der Waals surface area contributed by atoms with Crippen LogP contribution in [-0.4, -0.2) is 21.0 Å². The predicted molar refractivity (Wildman–Crippen MR) is 88.9 cm³/mol. The van der Waals surface area contributed by atoms with Crippen molar-refractivity contribution in [3.05, 3.63) is 41.4 Å². The highest BCUT2D eigenvalue weighted by atomic mass is 31.0. The predicted octanol–water partition coefficient (Wildman–Crippen LogP) is 2.08. The van der Waals surface area contributed by atoms with Gasteiger partial charge >= 0.3 is 0 Å². The van der Waals surface area contributed by atoms with Crippen molar-refractivity contribution in [3.63, 3.8) is 0 Å². The highest BCUT2D eigenvalue weighted by Gasteiger charge is 2.27. The molecule has 10 heteroatoms. The van der Waals surface area contributed by atoms with E-state index in [0.29, 0.717) is 10.9 Å². The van der Waals surface area contributed by atoms with E-state index < -0.39 is 17.3 Å². The molecule has 7 nitrogen and oxygen atoms in total. The van der Waals surface area contributed by atoms with Crippen LogP contribution in [0.15, 0.2) is 28.7 Å². The van der Waals surface area contributed by atoms with Crippen LogP contribution >= 0.6 is 9.24 Å². The summed E-state index contributed by atoms with van der Waals surface area (Å²) in [5.41, 5.74) is 7.15. The molecule has 25 heavy (non-hydrogen) atoms. The minimum absolute atomic E-state index is 0.0198. The van der Waals surface area contributed by atoms with Crippen LogP contribution < -0.4 is 11.5 Å². The number of benzene rings is 1. The van der Waals surface area contributed by atoms with Crippen molar-refractivity contribution in [2.24, 2.45) is 11.5 Å². The summed E-state index contributed by atoms with van der Waals surface area (Å²) in [5.74, 6) is -0.964. The van der Waals surface area contributed by atoms with Crippen molar-refractivity contribution in [2.75, 3.05) is 0 Å². The Balaban J connectivity index is 2.24. The minimum Gasteiger partial charge on any atom is -0.506 e. The van der Waals surface area contributed by atoms with Gasteiger partial charge in [0, 0.05) is 10.9 Å². The molecule has 0 saturated heterocycles. The Morgan fingerprint density at radius 3 is 2.56 bits per heavy atom. The number of oxazole rings is 1. The van der Waals surface area contributed by atoms with Gasteiger partial charge in [0.2, 0.25) is 5.89 Å². The first-order valence-electron chi connectivity index (χ1n) is 7.02. The number of alkyl halides is 2. The molecule has 2 heterocycles. The van der Waals surface area contributed by atoms with Gasteiger partial charge < -0.3 is 21.0 Å². The van der Waals surface area contributed by atoms with E-state index in [0.717, 1.165) is 6.07 Å². The van der Waals surface area contributed by atoms with Crippen LogP contribution in [0.4, 0.5) is 8.78 Å². The van der Waals surface area contributed by atoms with Gasteiger partial charge in [-0.05, 0) is 24.3 Å². The highest BCUT2D eigenvalue weighted by Crippen LogP contribution is 2.38. The first-order valence-corrected chi connectivity index (χ1v) is 7.60. The van der Waals surface area contributed by atoms with Crippen LogP contribution in [0.1, 0.15) is 21.9 Å². The number of phenolic OH excluding ortho intramolecular Hbond substituents is 1. The summed E-state index contributed by atoms with van der Waals surface area (Å²) in [4.78, 5) is 19.2. The molecule has 2 aromatic heterocycles. The molecule has 0 fully saturated rings. The molecule has 0 aliphatic carbocycles. The van der Waals surface area contributed by atoms with Crippen LogP contribution in [0.3, 0.4) is 0 Å². The average Bonchev–Trinajstić information content (AvgIpc) is 2.98. The minimum atomic E-state index is -3.24. The van der Waals surface area contributed by atoms with E-state index in [4.69, 9.17) is 15.9 Å². The van der Waals surface area contributed by atoms with Crippen molar-refractivity contribution >= 4 is 26.0 Å². The number of pyridine rings is 1. The third-order valence-corrected chi connectivity index (χ3v) is 3.82. The van der Waals surface area contributed by atoms with Gasteiger partial charge in [0.15, 0.2) is 11.5 Å². The zero-order chi connectivity index (χ0) is 18.4. The number of fused-ring (bicyclic) bond motifs is 1. The van der Waals surface area contributed by atoms with Gasteiger partial charge in [-0.3, -0.25) is 4.79 Å². The topological polar surface area (TPSA) is 128 Å². The maximum atomic E-state index is 13.5. The van der Waals surface area contributed by atoms with Crippen molar-refractivity contribution < 1.29 is 23.1 Å². The first-order chi connectivity index (χ1) is 11.7. The number of nitrogens with two attached hydrogens (primary N) is 2. The summed E-state index contributed by atoms with van der Waals surface area (Å²) >= 11 is 0. The summed E-state index contributed by atoms with van der Waals surface area (Å²) in [6, 6.07) is 5.22. The first kappa shape index (κ1) is 17.2. The lowest BCUT2D eigenvalue weighted by Crippen LogP contribution is -2.14. The molecule has 5 N–H and O–H groups in total. The number of carbonyl (C=O) groups excluding carboxylic acids is 1. The standard InChI is InChI=1S/C15H13F2N4O3P/c16-15(17,25)10-4-2-6-7(1-3-8(22)11(6)20-10)14-21-12(13(19)23)9(5-18)24-14/h1-4,22H,5,18,25H2,(H2,19,23). The van der Waals surface area contributed by atoms with Crippen molar-refractivity contribution in [3.8, 4) is 17.2 Å². The normalized spacial score (nSPS) is 11.8. The number of primary amides is 1. The fourth-order valence-electron chi connectivity index (χ4n) is 2.37. The highest BCUT2D eigenvalue weighted by molar-refractivity contribution is 7.17. The monoisotopic (exact) mass is 366 g/mol. The Hall–Kier alpha value is -2.64. The number of hydrogen-bond donors (Lipinski definition) is 3. The van der Waals surface area contributed by atoms with Crippen molar-refractivity contribution in [1.29, 1.82) is 0 Å². The van der Waals surface area contributed by atoms with Gasteiger partial charge in [-0.2, -0.15) is 8.78 Å². The molecule has 0 bridgehead atoms. The van der Waals surface area contributed by atoms with Crippen molar-refractivity contribution in [1.82, 2.24) is 9.97 Å². The molecule has 1 amide bonds. The zero-order valence-corrected chi connectivity index (χ0v) is 13.8. The maximum absolute atomic E-state index is 13.5. The number of hydrogen-bond acceptors (Lipinski definition) is 6. The van der Waals surface area contributed by atoms with E-state index in [1.807, 2.05) is 0 Å². The number of rotatable bonds is 4. The Bertz CT molecular complexity index is 985. The molecule has 1 unspecified atom stereocenters. The third-order valence-electron chi connectivity index (χ3n) is 3.52. The molecule has 0 saturated carbocycles. The molecule has 1 atom stereocenters. The van der Waals surface area contributed by atoms with Gasteiger partial charge in [0.25, 0.3) is 11.6 Å². The second-order valence-corrected chi connectivity index (χ2v) is 5.93. The maximum Gasteiger partial charge on any atom is 0.300 e. The second-order valence-electron chi connectivity index (χ2n) is 5.21. The molecular formula is C15H13F2N4O3P. The van der Waals surface area contributed by atoms with Crippen LogP contribution in [0.2, 0.25) is 0 Å². The number of carbonyl (C=O) groups is 1. The van der Waals surface area contributed by atoms with E-state index in [2.05, 4.69) is 9.97 Å². The van der Waals surface area contributed by atoms with E-state index in [9.17, 15) is 18.7 Å². The van der Waals surface area contributed by atoms with Crippen LogP contribution in [0, 0.1) is 0 Å². The summed E-state index contributed by atoms with van der Waals surface area (Å²) in [6.07, 6.45) is 0. The van der Waals surface area contributed by atoms with Gasteiger partial charge in [0.1, 0.15) is 17.0 Å². The summed E-state index contributed by atoms with van der Waals surface area (Å²) in [6.45, 7) is -0.0943. The number of aromatic hydroxyl groups is 1.